The van der Waals surface area contributed by atoms with Gasteiger partial charge in [0.1, 0.15) is 6.54 Å². The van der Waals surface area contributed by atoms with E-state index in [9.17, 15) is 22.8 Å². The molecule has 1 aromatic carbocycles. The first kappa shape index (κ1) is 15.6. The van der Waals surface area contributed by atoms with Crippen molar-refractivity contribution < 1.29 is 27.9 Å². The number of carbonyl (C=O) groups is 2. The molecule has 4 nitrogen and oxygen atoms in total. The second kappa shape index (κ2) is 5.66. The van der Waals surface area contributed by atoms with Gasteiger partial charge in [-0.1, -0.05) is 23.2 Å². The SMILES string of the molecule is O=C(O)CN(C(=O)C(F)(F)F)c1cc(Cl)cc(Cl)c1. The van der Waals surface area contributed by atoms with E-state index in [1.165, 1.54) is 6.07 Å². The van der Waals surface area contributed by atoms with Crippen LogP contribution in [0.1, 0.15) is 0 Å². The van der Waals surface area contributed by atoms with E-state index in [2.05, 4.69) is 0 Å². The molecule has 0 bridgehead atoms. The Morgan fingerprint density at radius 1 is 1.16 bits per heavy atom. The Balaban J connectivity index is 3.23. The van der Waals surface area contributed by atoms with Crippen LogP contribution in [-0.2, 0) is 9.59 Å². The third-order valence-electron chi connectivity index (χ3n) is 1.94. The fourth-order valence-electron chi connectivity index (χ4n) is 1.26. The fourth-order valence-corrected chi connectivity index (χ4v) is 1.78. The van der Waals surface area contributed by atoms with Crippen molar-refractivity contribution in [2.75, 3.05) is 11.4 Å². The zero-order valence-electron chi connectivity index (χ0n) is 9.04. The van der Waals surface area contributed by atoms with Crippen molar-refractivity contribution in [1.82, 2.24) is 0 Å². The summed E-state index contributed by atoms with van der Waals surface area (Å²) in [6, 6.07) is 3.27. The maximum atomic E-state index is 12.4. The first-order chi connectivity index (χ1) is 8.61. The highest BCUT2D eigenvalue weighted by molar-refractivity contribution is 6.35. The highest BCUT2D eigenvalue weighted by Gasteiger charge is 2.43. The quantitative estimate of drug-likeness (QED) is 0.933. The summed E-state index contributed by atoms with van der Waals surface area (Å²) >= 11 is 11.2. The van der Waals surface area contributed by atoms with E-state index >= 15 is 0 Å². The van der Waals surface area contributed by atoms with Crippen LogP contribution in [0.25, 0.3) is 0 Å². The molecule has 1 aromatic rings. The van der Waals surface area contributed by atoms with Crippen molar-refractivity contribution in [3.8, 4) is 0 Å². The van der Waals surface area contributed by atoms with Crippen molar-refractivity contribution >= 4 is 40.8 Å². The van der Waals surface area contributed by atoms with Crippen LogP contribution in [0.2, 0.25) is 10.0 Å². The molecule has 19 heavy (non-hydrogen) atoms. The van der Waals surface area contributed by atoms with Crippen LogP contribution in [0.5, 0.6) is 0 Å². The molecule has 1 rings (SSSR count). The summed E-state index contributed by atoms with van der Waals surface area (Å²) in [5.41, 5.74) is -0.345. The van der Waals surface area contributed by atoms with Gasteiger partial charge in [-0.15, -0.1) is 0 Å². The van der Waals surface area contributed by atoms with E-state index in [1.807, 2.05) is 0 Å². The highest BCUT2D eigenvalue weighted by Crippen LogP contribution is 2.28. The molecular weight excluding hydrogens is 310 g/mol. The molecule has 0 unspecified atom stereocenters. The Kier molecular flexibility index (Phi) is 4.65. The van der Waals surface area contributed by atoms with Gasteiger partial charge in [0.15, 0.2) is 0 Å². The second-order valence-electron chi connectivity index (χ2n) is 3.41. The molecule has 0 aromatic heterocycles. The van der Waals surface area contributed by atoms with Gasteiger partial charge < -0.3 is 5.11 Å². The van der Waals surface area contributed by atoms with Crippen LogP contribution in [-0.4, -0.2) is 29.7 Å². The molecule has 0 radical (unpaired) electrons. The van der Waals surface area contributed by atoms with Crippen LogP contribution in [0.15, 0.2) is 18.2 Å². The third kappa shape index (κ3) is 4.29. The number of alkyl halides is 3. The summed E-state index contributed by atoms with van der Waals surface area (Å²) in [4.78, 5) is 21.8. The number of amides is 1. The summed E-state index contributed by atoms with van der Waals surface area (Å²) in [7, 11) is 0. The van der Waals surface area contributed by atoms with Crippen molar-refractivity contribution in [3.63, 3.8) is 0 Å². The van der Waals surface area contributed by atoms with Crippen LogP contribution >= 0.6 is 23.2 Å². The maximum absolute atomic E-state index is 12.4. The fraction of sp³-hybridized carbons (Fsp3) is 0.200. The minimum atomic E-state index is -5.20. The average molecular weight is 316 g/mol. The lowest BCUT2D eigenvalue weighted by Gasteiger charge is -2.22. The van der Waals surface area contributed by atoms with Gasteiger partial charge in [0, 0.05) is 15.7 Å². The van der Waals surface area contributed by atoms with E-state index in [1.54, 1.807) is 0 Å². The number of nitrogens with zero attached hydrogens (tertiary/aromatic N) is 1. The number of hydrogen-bond acceptors (Lipinski definition) is 2. The maximum Gasteiger partial charge on any atom is 0.471 e. The van der Waals surface area contributed by atoms with Crippen LogP contribution in [0, 0.1) is 0 Å². The first-order valence-corrected chi connectivity index (χ1v) is 5.43. The van der Waals surface area contributed by atoms with E-state index in [4.69, 9.17) is 28.3 Å². The summed E-state index contributed by atoms with van der Waals surface area (Å²) in [5, 5.41) is 8.53. The Hall–Kier alpha value is -1.47. The first-order valence-electron chi connectivity index (χ1n) is 4.68. The lowest BCUT2D eigenvalue weighted by Crippen LogP contribution is -2.44. The summed E-state index contributed by atoms with van der Waals surface area (Å²) in [6.07, 6.45) is -5.20. The van der Waals surface area contributed by atoms with E-state index in [-0.39, 0.29) is 20.6 Å². The summed E-state index contributed by atoms with van der Waals surface area (Å²) < 4.78 is 37.2. The minimum Gasteiger partial charge on any atom is -0.480 e. The van der Waals surface area contributed by atoms with Crippen LogP contribution in [0.3, 0.4) is 0 Å². The minimum absolute atomic E-state index is 0.0205. The monoisotopic (exact) mass is 315 g/mol. The molecule has 0 saturated carbocycles. The summed E-state index contributed by atoms with van der Waals surface area (Å²) in [5.74, 6) is -3.91. The molecule has 0 atom stereocenters. The number of anilines is 1. The van der Waals surface area contributed by atoms with E-state index in [0.717, 1.165) is 12.1 Å². The summed E-state index contributed by atoms with van der Waals surface area (Å²) in [6.45, 7) is -1.16. The number of rotatable bonds is 3. The van der Waals surface area contributed by atoms with Crippen molar-refractivity contribution in [2.45, 2.75) is 6.18 Å². The zero-order valence-corrected chi connectivity index (χ0v) is 10.6. The van der Waals surface area contributed by atoms with Gasteiger partial charge in [-0.3, -0.25) is 14.5 Å². The van der Waals surface area contributed by atoms with Crippen molar-refractivity contribution in [2.24, 2.45) is 0 Å². The predicted octanol–water partition coefficient (Wildman–Crippen LogP) is 2.97. The number of aliphatic carboxylic acids is 1. The van der Waals surface area contributed by atoms with Gasteiger partial charge in [-0.05, 0) is 18.2 Å². The third-order valence-corrected chi connectivity index (χ3v) is 2.38. The van der Waals surface area contributed by atoms with Gasteiger partial charge in [-0.2, -0.15) is 13.2 Å². The molecule has 0 spiro atoms. The number of hydrogen-bond donors (Lipinski definition) is 1. The molecular formula is C10H6Cl2F3NO3. The van der Waals surface area contributed by atoms with Gasteiger partial charge in [-0.25, -0.2) is 0 Å². The number of carbonyl (C=O) groups excluding carboxylic acids is 1. The second-order valence-corrected chi connectivity index (χ2v) is 4.28. The number of halogens is 5. The smallest absolute Gasteiger partial charge is 0.471 e. The highest BCUT2D eigenvalue weighted by atomic mass is 35.5. The molecule has 0 aliphatic carbocycles. The molecule has 0 heterocycles. The van der Waals surface area contributed by atoms with Gasteiger partial charge in [0.2, 0.25) is 0 Å². The van der Waals surface area contributed by atoms with Crippen molar-refractivity contribution in [3.05, 3.63) is 28.2 Å². The molecule has 0 aliphatic rings. The van der Waals surface area contributed by atoms with Crippen LogP contribution in [0.4, 0.5) is 18.9 Å². The van der Waals surface area contributed by atoms with Crippen molar-refractivity contribution in [1.29, 1.82) is 0 Å². The Labute approximate surface area is 115 Å². The molecule has 9 heteroatoms. The Morgan fingerprint density at radius 2 is 1.63 bits per heavy atom. The largest absolute Gasteiger partial charge is 0.480 e. The average Bonchev–Trinajstić information content (AvgIpc) is 2.21. The standard InChI is InChI=1S/C10H6Cl2F3NO3/c11-5-1-6(12)3-7(2-5)16(4-8(17)18)9(19)10(13,14)15/h1-3H,4H2,(H,17,18). The van der Waals surface area contributed by atoms with Crippen LogP contribution < -0.4 is 4.90 Å². The normalized spacial score (nSPS) is 11.2. The Bertz CT molecular complexity index is 499. The molecule has 1 amide bonds. The number of carboxylic acid groups (broad SMARTS) is 1. The van der Waals surface area contributed by atoms with Gasteiger partial charge in [0.05, 0.1) is 0 Å². The zero-order chi connectivity index (χ0) is 14.8. The van der Waals surface area contributed by atoms with Gasteiger partial charge >= 0.3 is 18.1 Å². The predicted molar refractivity (Wildman–Crippen MR) is 62.5 cm³/mol. The van der Waals surface area contributed by atoms with E-state index < -0.39 is 24.6 Å². The lowest BCUT2D eigenvalue weighted by molar-refractivity contribution is -0.170. The Morgan fingerprint density at radius 3 is 2.00 bits per heavy atom. The topological polar surface area (TPSA) is 57.6 Å². The molecule has 0 fully saturated rings. The number of benzene rings is 1. The molecule has 0 saturated heterocycles. The molecule has 104 valence electrons. The molecule has 1 N–H and O–H groups in total. The van der Waals surface area contributed by atoms with E-state index in [0.29, 0.717) is 0 Å². The molecule has 0 aliphatic heterocycles. The number of carboxylic acids is 1. The van der Waals surface area contributed by atoms with Gasteiger partial charge in [0.25, 0.3) is 0 Å². The lowest BCUT2D eigenvalue weighted by atomic mass is 10.2.